The van der Waals surface area contributed by atoms with Gasteiger partial charge in [-0.25, -0.2) is 0 Å². The third-order valence-electron chi connectivity index (χ3n) is 6.24. The van der Waals surface area contributed by atoms with E-state index in [1.165, 1.54) is 21.5 Å². The summed E-state index contributed by atoms with van der Waals surface area (Å²) < 4.78 is 25.0. The van der Waals surface area contributed by atoms with Crippen molar-refractivity contribution in [1.29, 1.82) is 0 Å². The van der Waals surface area contributed by atoms with E-state index in [0.717, 1.165) is 5.75 Å². The average Bonchev–Trinajstić information content (AvgIpc) is 3.32. The molecule has 0 aromatic heterocycles. The molecule has 3 fully saturated rings. The van der Waals surface area contributed by atoms with Crippen molar-refractivity contribution in [2.45, 2.75) is 49.7 Å². The van der Waals surface area contributed by atoms with Crippen LogP contribution in [0, 0.1) is 0 Å². The van der Waals surface area contributed by atoms with Gasteiger partial charge >= 0.3 is 0 Å². The molecule has 3 aliphatic rings. The number of rotatable bonds is 4. The highest BCUT2D eigenvalue weighted by Crippen LogP contribution is 2.48. The molecule has 0 unspecified atom stereocenters. The van der Waals surface area contributed by atoms with Crippen LogP contribution in [0.2, 0.25) is 0 Å². The zero-order chi connectivity index (χ0) is 22.4. The van der Waals surface area contributed by atoms with Gasteiger partial charge in [0.25, 0.3) is 0 Å². The predicted octanol–water partition coefficient (Wildman–Crippen LogP) is 4.45. The molecular formula is C27H27O4PS. The molecule has 0 spiro atoms. The second kappa shape index (κ2) is 8.81. The largest absolute Gasteiger partial charge is 0.354 e. The zero-order valence-electron chi connectivity index (χ0n) is 18.7. The molecule has 3 aromatic rings. The van der Waals surface area contributed by atoms with Gasteiger partial charge in [0.2, 0.25) is 0 Å². The lowest BCUT2D eigenvalue weighted by Crippen LogP contribution is -2.42. The summed E-state index contributed by atoms with van der Waals surface area (Å²) in [6.45, 7) is 3.86. The Hall–Kier alpha value is -1.72. The Labute approximate surface area is 200 Å². The molecule has 6 heteroatoms. The number of hydrogen-bond acceptors (Lipinski definition) is 5. The van der Waals surface area contributed by atoms with E-state index < -0.39 is 13.7 Å². The van der Waals surface area contributed by atoms with E-state index in [-0.39, 0.29) is 30.0 Å². The summed E-state index contributed by atoms with van der Waals surface area (Å²) >= 11 is 1.81. The second-order valence-corrected chi connectivity index (χ2v) is 12.3. The summed E-state index contributed by atoms with van der Waals surface area (Å²) in [6.07, 6.45) is -0.675. The molecule has 170 valence electrons. The highest BCUT2D eigenvalue weighted by Gasteiger charge is 2.57. The Kier molecular flexibility index (Phi) is 5.82. The van der Waals surface area contributed by atoms with E-state index in [2.05, 4.69) is 84.9 Å². The first kappa shape index (κ1) is 21.8. The Morgan fingerprint density at radius 2 is 1.39 bits per heavy atom. The highest BCUT2D eigenvalue weighted by atomic mass is 32.2. The molecule has 33 heavy (non-hydrogen) atoms. The molecule has 3 aliphatic heterocycles. The summed E-state index contributed by atoms with van der Waals surface area (Å²) in [5.74, 6) is 0.217. The molecule has 3 heterocycles. The molecule has 3 saturated heterocycles. The Morgan fingerprint density at radius 3 is 2.09 bits per heavy atom. The summed E-state index contributed by atoms with van der Waals surface area (Å²) in [6, 6.07) is 30.4. The molecule has 0 amide bonds. The summed E-state index contributed by atoms with van der Waals surface area (Å²) in [5, 5.41) is 4.01. The first-order valence-corrected chi connectivity index (χ1v) is 13.8. The molecule has 6 rings (SSSR count). The smallest absolute Gasteiger partial charge is 0.190 e. The highest BCUT2D eigenvalue weighted by molar-refractivity contribution is 7.99. The second-order valence-electron chi connectivity index (χ2n) is 8.97. The number of thioether (sulfide) groups is 1. The van der Waals surface area contributed by atoms with Gasteiger partial charge in [0.1, 0.15) is 17.6 Å². The van der Waals surface area contributed by atoms with Crippen LogP contribution in [0.3, 0.4) is 0 Å². The minimum absolute atomic E-state index is 0.00531. The van der Waals surface area contributed by atoms with Crippen LogP contribution in [0.5, 0.6) is 0 Å². The van der Waals surface area contributed by atoms with Gasteiger partial charge in [0.15, 0.2) is 12.1 Å². The number of fused-ring (bicyclic) bond motifs is 3. The van der Waals surface area contributed by atoms with Gasteiger partial charge < -0.3 is 18.9 Å². The maximum atomic E-state index is 6.71. The molecule has 0 radical (unpaired) electrons. The molecule has 3 aromatic carbocycles. The molecule has 5 atom stereocenters. The van der Waals surface area contributed by atoms with Crippen molar-refractivity contribution < 1.29 is 18.9 Å². The van der Waals surface area contributed by atoms with E-state index in [1.54, 1.807) is 11.8 Å². The van der Waals surface area contributed by atoms with Gasteiger partial charge in [-0.3, -0.25) is 0 Å². The van der Waals surface area contributed by atoms with Crippen molar-refractivity contribution >= 4 is 35.6 Å². The Bertz CT molecular complexity index is 1070. The lowest BCUT2D eigenvalue weighted by Gasteiger charge is -2.35. The van der Waals surface area contributed by atoms with Crippen LogP contribution >= 0.6 is 19.7 Å². The van der Waals surface area contributed by atoms with Crippen LogP contribution in [0.15, 0.2) is 84.9 Å². The number of ether oxygens (including phenoxy) is 4. The predicted molar refractivity (Wildman–Crippen MR) is 134 cm³/mol. The minimum atomic E-state index is -0.713. The van der Waals surface area contributed by atoms with Crippen LogP contribution in [0.1, 0.15) is 24.8 Å². The van der Waals surface area contributed by atoms with Gasteiger partial charge in [-0.2, -0.15) is 0 Å². The Morgan fingerprint density at radius 1 is 0.758 bits per heavy atom. The van der Waals surface area contributed by atoms with Gasteiger partial charge in [-0.15, -0.1) is 11.8 Å². The van der Waals surface area contributed by atoms with Crippen molar-refractivity contribution in [3.63, 3.8) is 0 Å². The SMILES string of the molecule is CC1(C)O[C@H]2O[C@@H]3CS[C@H](c4ccccc4P(c4ccccc4)c4ccccc4)O[C@@H]3[C@H]2O1. The number of benzene rings is 3. The fourth-order valence-corrected chi connectivity index (χ4v) is 8.64. The van der Waals surface area contributed by atoms with Gasteiger partial charge in [-0.05, 0) is 43.2 Å². The molecule has 4 nitrogen and oxygen atoms in total. The third kappa shape index (κ3) is 4.16. The fraction of sp³-hybridized carbons (Fsp3) is 0.333. The van der Waals surface area contributed by atoms with E-state index in [9.17, 15) is 0 Å². The normalized spacial score (nSPS) is 30.2. The molecule has 0 saturated carbocycles. The minimum Gasteiger partial charge on any atom is -0.354 e. The van der Waals surface area contributed by atoms with Crippen molar-refractivity contribution in [3.8, 4) is 0 Å². The standard InChI is InChI=1S/C27H27O4PS/c1-27(2)30-24-23-21(28-25(24)31-27)17-33-26(29-23)20-15-9-10-16-22(20)32(18-11-5-3-6-12-18)19-13-7-4-8-14-19/h3-16,21,23-26H,17H2,1-2H3/t21-,23+,24-,25-,26-/m1/s1. The van der Waals surface area contributed by atoms with E-state index in [1.807, 2.05) is 13.8 Å². The zero-order valence-corrected chi connectivity index (χ0v) is 20.4. The fourth-order valence-electron chi connectivity index (χ4n) is 4.84. The van der Waals surface area contributed by atoms with E-state index in [0.29, 0.717) is 0 Å². The lowest BCUT2D eigenvalue weighted by atomic mass is 10.1. The van der Waals surface area contributed by atoms with Crippen LogP contribution in [-0.2, 0) is 18.9 Å². The first-order valence-electron chi connectivity index (χ1n) is 11.4. The van der Waals surface area contributed by atoms with Crippen LogP contribution in [0.25, 0.3) is 0 Å². The molecule has 0 bridgehead atoms. The Balaban J connectivity index is 1.36. The number of hydrogen-bond donors (Lipinski definition) is 0. The van der Waals surface area contributed by atoms with Crippen LogP contribution in [0.4, 0.5) is 0 Å². The summed E-state index contributed by atoms with van der Waals surface area (Å²) in [5.41, 5.74) is 1.16. The van der Waals surface area contributed by atoms with Crippen molar-refractivity contribution in [1.82, 2.24) is 0 Å². The lowest BCUT2D eigenvalue weighted by molar-refractivity contribution is -0.217. The van der Waals surface area contributed by atoms with Crippen LogP contribution < -0.4 is 15.9 Å². The van der Waals surface area contributed by atoms with Crippen molar-refractivity contribution in [2.75, 3.05) is 5.75 Å². The quantitative estimate of drug-likeness (QED) is 0.518. The average molecular weight is 479 g/mol. The maximum absolute atomic E-state index is 6.71. The summed E-state index contributed by atoms with van der Waals surface area (Å²) in [7, 11) is -0.713. The van der Waals surface area contributed by atoms with E-state index >= 15 is 0 Å². The topological polar surface area (TPSA) is 36.9 Å². The van der Waals surface area contributed by atoms with E-state index in [4.69, 9.17) is 18.9 Å². The van der Waals surface area contributed by atoms with Crippen LogP contribution in [-0.4, -0.2) is 36.1 Å². The first-order chi connectivity index (χ1) is 16.1. The molecule has 0 aliphatic carbocycles. The maximum Gasteiger partial charge on any atom is 0.190 e. The summed E-state index contributed by atoms with van der Waals surface area (Å²) in [4.78, 5) is 0. The third-order valence-corrected chi connectivity index (χ3v) is 9.95. The molecular weight excluding hydrogens is 451 g/mol. The molecule has 0 N–H and O–H groups in total. The van der Waals surface area contributed by atoms with Gasteiger partial charge in [0, 0.05) is 5.75 Å². The van der Waals surface area contributed by atoms with Gasteiger partial charge in [0.05, 0.1) is 6.10 Å². The van der Waals surface area contributed by atoms with Gasteiger partial charge in [-0.1, -0.05) is 84.9 Å². The van der Waals surface area contributed by atoms with Crippen molar-refractivity contribution in [2.24, 2.45) is 0 Å². The van der Waals surface area contributed by atoms with Crippen molar-refractivity contribution in [3.05, 3.63) is 90.5 Å². The monoisotopic (exact) mass is 478 g/mol.